The highest BCUT2D eigenvalue weighted by Gasteiger charge is 2.39. The molecule has 1 fully saturated rings. The molecule has 38 heavy (non-hydrogen) atoms. The molecule has 0 saturated carbocycles. The largest absolute Gasteiger partial charge is 0.544 e. The zero-order chi connectivity index (χ0) is 28.3. The molecule has 2 aromatic rings. The second-order valence-corrected chi connectivity index (χ2v) is 16.4. The molecule has 1 atom stereocenters. The molecule has 206 valence electrons. The van der Waals surface area contributed by atoms with Crippen LogP contribution in [0.25, 0.3) is 0 Å². The average molecular weight is 583 g/mol. The van der Waals surface area contributed by atoms with Crippen LogP contribution in [0.4, 0.5) is 5.69 Å². The van der Waals surface area contributed by atoms with Gasteiger partial charge in [0.05, 0.1) is 10.5 Å². The van der Waals surface area contributed by atoms with Gasteiger partial charge in [0.15, 0.2) is 0 Å². The summed E-state index contributed by atoms with van der Waals surface area (Å²) in [5, 5.41) is 12.8. The summed E-state index contributed by atoms with van der Waals surface area (Å²) < 4.78 is 11.9. The quantitative estimate of drug-likeness (QED) is 0.169. The smallest absolute Gasteiger partial charge is 0.340 e. The van der Waals surface area contributed by atoms with Gasteiger partial charge in [-0.15, -0.1) is 0 Å². The number of amides is 1. The monoisotopic (exact) mass is 581 g/mol. The molecule has 12 heteroatoms. The van der Waals surface area contributed by atoms with Crippen LogP contribution in [0.3, 0.4) is 0 Å². The maximum Gasteiger partial charge on any atom is 0.340 e. The molecule has 0 bridgehead atoms. The van der Waals surface area contributed by atoms with Crippen molar-refractivity contribution in [3.05, 3.63) is 67.7 Å². The summed E-state index contributed by atoms with van der Waals surface area (Å²) >= 11 is 12.0. The van der Waals surface area contributed by atoms with Crippen LogP contribution < -0.4 is 9.85 Å². The first kappa shape index (κ1) is 29.9. The SMILES string of the molecule is CC(C)(C)[Si](C)(C)Oc1ccc(C(=O)NN2CCCC(OC(=O)c3cc(Cl)cc([N+](=O)[O-])c3Cl)CC2)cc1. The van der Waals surface area contributed by atoms with E-state index < -0.39 is 31.0 Å². The van der Waals surface area contributed by atoms with Gasteiger partial charge < -0.3 is 9.16 Å². The van der Waals surface area contributed by atoms with E-state index in [1.165, 1.54) is 6.07 Å². The molecule has 0 aromatic heterocycles. The van der Waals surface area contributed by atoms with Crippen molar-refractivity contribution in [3.8, 4) is 5.75 Å². The Kier molecular flexibility index (Phi) is 9.46. The number of nitrogens with zero attached hydrogens (tertiary/aromatic N) is 2. The lowest BCUT2D eigenvalue weighted by Crippen LogP contribution is -2.44. The zero-order valence-corrected chi connectivity index (χ0v) is 24.7. The van der Waals surface area contributed by atoms with Gasteiger partial charge in [0.2, 0.25) is 8.32 Å². The molecule has 1 heterocycles. The Bertz CT molecular complexity index is 1200. The number of nitro groups is 1. The van der Waals surface area contributed by atoms with Crippen molar-refractivity contribution in [1.29, 1.82) is 0 Å². The molecule has 1 aliphatic heterocycles. The van der Waals surface area contributed by atoms with Gasteiger partial charge >= 0.3 is 5.97 Å². The highest BCUT2D eigenvalue weighted by atomic mass is 35.5. The highest BCUT2D eigenvalue weighted by molar-refractivity contribution is 6.74. The van der Waals surface area contributed by atoms with Crippen molar-refractivity contribution in [2.75, 3.05) is 13.1 Å². The van der Waals surface area contributed by atoms with Gasteiger partial charge in [-0.25, -0.2) is 9.80 Å². The fraction of sp³-hybridized carbons (Fsp3) is 0.462. The number of carbonyl (C=O) groups excluding carboxylic acids is 2. The first-order chi connectivity index (χ1) is 17.7. The summed E-state index contributed by atoms with van der Waals surface area (Å²) in [5.41, 5.74) is 2.82. The third-order valence-corrected chi connectivity index (χ3v) is 11.9. The number of ether oxygens (including phenoxy) is 1. The number of rotatable bonds is 7. The Morgan fingerprint density at radius 1 is 1.11 bits per heavy atom. The van der Waals surface area contributed by atoms with Crippen molar-refractivity contribution in [2.24, 2.45) is 0 Å². The molecule has 0 spiro atoms. The molecule has 1 amide bonds. The standard InChI is InChI=1S/C26H33Cl2N3O6Si/c1-26(2,3)38(4,5)37-20-10-8-17(9-11-20)24(32)29-30-13-6-7-19(12-14-30)36-25(33)21-15-18(27)16-22(23(21)28)31(34)35/h8-11,15-16,19H,6-7,12-14H2,1-5H3,(H,29,32). The zero-order valence-electron chi connectivity index (χ0n) is 22.2. The molecule has 9 nitrogen and oxygen atoms in total. The van der Waals surface area contributed by atoms with Gasteiger partial charge in [-0.1, -0.05) is 44.0 Å². The number of carbonyl (C=O) groups is 2. The Morgan fingerprint density at radius 3 is 2.37 bits per heavy atom. The number of esters is 1. The summed E-state index contributed by atoms with van der Waals surface area (Å²) in [6.07, 6.45) is 1.26. The molecule has 0 radical (unpaired) electrons. The number of hydrogen-bond acceptors (Lipinski definition) is 7. The lowest BCUT2D eigenvalue weighted by atomic mass is 10.1. The summed E-state index contributed by atoms with van der Waals surface area (Å²) in [7, 11) is -1.97. The Labute approximate surface area is 233 Å². The normalized spacial score (nSPS) is 16.9. The summed E-state index contributed by atoms with van der Waals surface area (Å²) in [5.74, 6) is -0.266. The molecule has 1 unspecified atom stereocenters. The van der Waals surface area contributed by atoms with Crippen LogP contribution in [-0.4, -0.2) is 49.3 Å². The summed E-state index contributed by atoms with van der Waals surface area (Å²) in [6.45, 7) is 11.9. The van der Waals surface area contributed by atoms with Gasteiger partial charge in [0, 0.05) is 29.7 Å². The van der Waals surface area contributed by atoms with Crippen molar-refractivity contribution in [1.82, 2.24) is 10.4 Å². The van der Waals surface area contributed by atoms with Gasteiger partial charge in [-0.3, -0.25) is 20.3 Å². The van der Waals surface area contributed by atoms with Gasteiger partial charge in [0.1, 0.15) is 16.9 Å². The number of nitrogens with one attached hydrogen (secondary N) is 1. The van der Waals surface area contributed by atoms with Gasteiger partial charge in [-0.05, 0) is 67.7 Å². The van der Waals surface area contributed by atoms with E-state index in [9.17, 15) is 19.7 Å². The highest BCUT2D eigenvalue weighted by Crippen LogP contribution is 2.37. The van der Waals surface area contributed by atoms with Crippen molar-refractivity contribution in [3.63, 3.8) is 0 Å². The minimum absolute atomic E-state index is 0.0161. The number of nitro benzene ring substituents is 1. The minimum atomic E-state index is -1.97. The van der Waals surface area contributed by atoms with Crippen LogP contribution in [-0.2, 0) is 4.74 Å². The number of hydrazine groups is 1. The van der Waals surface area contributed by atoms with Crippen molar-refractivity contribution >= 4 is 49.1 Å². The van der Waals surface area contributed by atoms with Crippen LogP contribution >= 0.6 is 23.2 Å². The fourth-order valence-electron chi connectivity index (χ4n) is 3.70. The number of benzene rings is 2. The van der Waals surface area contributed by atoms with E-state index >= 15 is 0 Å². The number of hydrogen-bond donors (Lipinski definition) is 1. The lowest BCUT2D eigenvalue weighted by Gasteiger charge is -2.36. The second kappa shape index (κ2) is 12.0. The van der Waals surface area contributed by atoms with Crippen LogP contribution in [0.2, 0.25) is 28.2 Å². The Morgan fingerprint density at radius 2 is 1.76 bits per heavy atom. The summed E-state index contributed by atoms with van der Waals surface area (Å²) in [6, 6.07) is 9.46. The topological polar surface area (TPSA) is 111 Å². The predicted molar refractivity (Wildman–Crippen MR) is 149 cm³/mol. The van der Waals surface area contributed by atoms with Crippen LogP contribution in [0, 0.1) is 10.1 Å². The minimum Gasteiger partial charge on any atom is -0.544 e. The van der Waals surface area contributed by atoms with E-state index in [0.29, 0.717) is 37.9 Å². The molecule has 0 aliphatic carbocycles. The molecule has 2 aromatic carbocycles. The molecule has 1 saturated heterocycles. The molecule has 3 rings (SSSR count). The Balaban J connectivity index is 1.56. The van der Waals surface area contributed by atoms with Crippen LogP contribution in [0.15, 0.2) is 36.4 Å². The van der Waals surface area contributed by atoms with E-state index in [2.05, 4.69) is 39.3 Å². The van der Waals surface area contributed by atoms with Gasteiger partial charge in [0.25, 0.3) is 11.6 Å². The molecule has 1 aliphatic rings. The van der Waals surface area contributed by atoms with Crippen molar-refractivity contribution in [2.45, 2.75) is 64.3 Å². The first-order valence-corrected chi connectivity index (χ1v) is 16.0. The molecular weight excluding hydrogens is 549 g/mol. The van der Waals surface area contributed by atoms with E-state index in [1.807, 2.05) is 12.1 Å². The predicted octanol–water partition coefficient (Wildman–Crippen LogP) is 6.64. The third kappa shape index (κ3) is 7.46. The second-order valence-electron chi connectivity index (χ2n) is 10.8. The maximum atomic E-state index is 12.8. The van der Waals surface area contributed by atoms with Crippen molar-refractivity contribution < 1.29 is 23.7 Å². The van der Waals surface area contributed by atoms with E-state index in [0.717, 1.165) is 11.8 Å². The van der Waals surface area contributed by atoms with Crippen LogP contribution in [0.1, 0.15) is 60.7 Å². The summed E-state index contributed by atoms with van der Waals surface area (Å²) in [4.78, 5) is 36.0. The Hall–Kier alpha value is -2.66. The van der Waals surface area contributed by atoms with Crippen LogP contribution in [0.5, 0.6) is 5.75 Å². The maximum absolute atomic E-state index is 12.8. The van der Waals surface area contributed by atoms with Gasteiger partial charge in [-0.2, -0.15) is 0 Å². The first-order valence-electron chi connectivity index (χ1n) is 12.4. The molecular formula is C26H33Cl2N3O6Si. The lowest BCUT2D eigenvalue weighted by molar-refractivity contribution is -0.384. The third-order valence-electron chi connectivity index (χ3n) is 6.94. The van der Waals surface area contributed by atoms with E-state index in [4.69, 9.17) is 32.4 Å². The van der Waals surface area contributed by atoms with E-state index in [-0.39, 0.29) is 26.6 Å². The average Bonchev–Trinajstić information content (AvgIpc) is 3.04. The van der Waals surface area contributed by atoms with E-state index in [1.54, 1.807) is 17.1 Å². The molecule has 1 N–H and O–H groups in total. The fourth-order valence-corrected chi connectivity index (χ4v) is 5.20. The number of halogens is 2.